The minimum Gasteiger partial charge on any atom is -0.458 e. The van der Waals surface area contributed by atoms with Gasteiger partial charge < -0.3 is 19.4 Å². The summed E-state index contributed by atoms with van der Waals surface area (Å²) >= 11 is 0. The zero-order chi connectivity index (χ0) is 49.4. The quantitative estimate of drug-likeness (QED) is 0.160. The Labute approximate surface area is 430 Å². The first-order valence-corrected chi connectivity index (χ1v) is 25.7. The number of rotatable bonds is 5. The molecule has 0 aromatic heterocycles. The van der Waals surface area contributed by atoms with Crippen LogP contribution in [-0.4, -0.2) is 13.4 Å². The van der Waals surface area contributed by atoms with Crippen LogP contribution in [0.5, 0.6) is 11.5 Å². The Morgan fingerprint density at radius 2 is 0.699 bits per heavy atom. The van der Waals surface area contributed by atoms with Gasteiger partial charge in [0.15, 0.2) is 0 Å². The third kappa shape index (κ3) is 6.70. The molecule has 0 amide bonds. The van der Waals surface area contributed by atoms with E-state index in [1.54, 1.807) is 0 Å². The maximum absolute atomic E-state index is 7.56. The molecule has 0 saturated carbocycles. The lowest BCUT2D eigenvalue weighted by molar-refractivity contribution is 0.488. The molecule has 0 aliphatic carbocycles. The van der Waals surface area contributed by atoms with Crippen molar-refractivity contribution in [1.29, 1.82) is 0 Å². The van der Waals surface area contributed by atoms with Crippen LogP contribution < -0.4 is 52.2 Å². The minimum absolute atomic E-state index is 0.0801. The Balaban J connectivity index is 1.08. The van der Waals surface area contributed by atoms with Gasteiger partial charge in [0, 0.05) is 57.3 Å². The van der Waals surface area contributed by atoms with Crippen LogP contribution in [-0.2, 0) is 0 Å². The van der Waals surface area contributed by atoms with E-state index in [1.807, 2.05) is 0 Å². The van der Waals surface area contributed by atoms with Crippen molar-refractivity contribution in [2.24, 2.45) is 0 Å². The van der Waals surface area contributed by atoms with E-state index >= 15 is 0 Å². The van der Waals surface area contributed by atoms with Crippen molar-refractivity contribution in [3.05, 3.63) is 233 Å². The molecule has 0 N–H and O–H groups in total. The molecule has 0 fully saturated rings. The van der Waals surface area contributed by atoms with E-state index in [0.717, 1.165) is 45.5 Å². The second-order valence-corrected chi connectivity index (χ2v) is 21.0. The summed E-state index contributed by atoms with van der Waals surface area (Å²) in [6, 6.07) is 73.4. The molecule has 0 bridgehead atoms. The highest BCUT2D eigenvalue weighted by molar-refractivity contribution is 7.02. The third-order valence-corrected chi connectivity index (χ3v) is 16.1. The molecular weight excluding hydrogens is 884 g/mol. The smallest absolute Gasteiger partial charge is 0.256 e. The fraction of sp³-hybridized carbons (Fsp3) is 0.104. The minimum atomic E-state index is -0.0941. The van der Waals surface area contributed by atoms with E-state index in [-0.39, 0.29) is 13.4 Å². The highest BCUT2D eigenvalue weighted by Gasteiger charge is 2.48. The molecule has 348 valence electrons. The first-order chi connectivity index (χ1) is 35.6. The van der Waals surface area contributed by atoms with Crippen molar-refractivity contribution in [3.63, 3.8) is 0 Å². The molecular formula is C67H53B2N3O. The summed E-state index contributed by atoms with van der Waals surface area (Å²) in [7, 11) is 0. The second kappa shape index (κ2) is 16.3. The van der Waals surface area contributed by atoms with E-state index in [2.05, 4.69) is 257 Å². The van der Waals surface area contributed by atoms with E-state index in [0.29, 0.717) is 0 Å². The maximum atomic E-state index is 7.56. The van der Waals surface area contributed by atoms with Crippen LogP contribution in [0.4, 0.5) is 51.2 Å². The Morgan fingerprint density at radius 1 is 0.301 bits per heavy atom. The summed E-state index contributed by atoms with van der Waals surface area (Å²) in [6.45, 7) is 15.2. The fourth-order valence-corrected chi connectivity index (χ4v) is 12.5. The summed E-state index contributed by atoms with van der Waals surface area (Å²) in [6.07, 6.45) is 0. The van der Waals surface area contributed by atoms with Crippen molar-refractivity contribution in [2.45, 2.75) is 48.5 Å². The monoisotopic (exact) mass is 937 g/mol. The standard InChI is InChI=1S/C67H53B2N3O/c1-40-16-24-49(25-17-40)70-58-30-22-43(4)32-54(58)68-56-38-57-64(39-60(56)72(51-28-20-42(3)21-29-51)62-35-47(34-61(70)66(62)68)52-14-10-8-12-45(52)6)73-65-37-48(53-15-11-9-13-46(53)7)36-63-67(65)69(57)55-33-44(5)23-31-59(55)71(63)50-26-18-41(2)19-27-50/h8-39H,1-7H3. The first kappa shape index (κ1) is 43.3. The molecule has 0 spiro atoms. The van der Waals surface area contributed by atoms with Gasteiger partial charge in [0.05, 0.1) is 0 Å². The Morgan fingerprint density at radius 3 is 1.18 bits per heavy atom. The third-order valence-electron chi connectivity index (χ3n) is 16.1. The van der Waals surface area contributed by atoms with Crippen molar-refractivity contribution < 1.29 is 4.74 Å². The summed E-state index contributed by atoms with van der Waals surface area (Å²) in [5, 5.41) is 0. The van der Waals surface area contributed by atoms with Crippen molar-refractivity contribution in [1.82, 2.24) is 0 Å². The molecule has 14 rings (SSSR count). The van der Waals surface area contributed by atoms with Gasteiger partial charge in [-0.1, -0.05) is 143 Å². The fourth-order valence-electron chi connectivity index (χ4n) is 12.5. The van der Waals surface area contributed by atoms with Gasteiger partial charge in [0.25, 0.3) is 13.4 Å². The highest BCUT2D eigenvalue weighted by Crippen LogP contribution is 2.49. The summed E-state index contributed by atoms with van der Waals surface area (Å²) in [5.41, 5.74) is 31.3. The molecule has 0 radical (unpaired) electrons. The molecule has 4 nitrogen and oxygen atoms in total. The van der Waals surface area contributed by atoms with E-state index in [1.165, 1.54) is 111 Å². The van der Waals surface area contributed by atoms with Gasteiger partial charge in [0.2, 0.25) is 0 Å². The average Bonchev–Trinajstić information content (AvgIpc) is 3.39. The van der Waals surface area contributed by atoms with Crippen LogP contribution in [0.2, 0.25) is 0 Å². The van der Waals surface area contributed by atoms with Crippen LogP contribution in [0, 0.1) is 48.5 Å². The summed E-state index contributed by atoms with van der Waals surface area (Å²) in [5.74, 6) is 1.78. The second-order valence-electron chi connectivity index (χ2n) is 21.0. The molecule has 4 aliphatic rings. The number of hydrogen-bond acceptors (Lipinski definition) is 4. The first-order valence-electron chi connectivity index (χ1n) is 25.7. The van der Waals surface area contributed by atoms with Crippen LogP contribution in [0.25, 0.3) is 22.3 Å². The Kier molecular flexibility index (Phi) is 9.66. The van der Waals surface area contributed by atoms with Gasteiger partial charge in [-0.2, -0.15) is 0 Å². The Bertz CT molecular complexity index is 3940. The van der Waals surface area contributed by atoms with Crippen molar-refractivity contribution >= 4 is 97.4 Å². The van der Waals surface area contributed by atoms with Crippen molar-refractivity contribution in [3.8, 4) is 33.8 Å². The predicted octanol–water partition coefficient (Wildman–Crippen LogP) is 13.7. The van der Waals surface area contributed by atoms with Gasteiger partial charge >= 0.3 is 0 Å². The predicted molar refractivity (Wildman–Crippen MR) is 310 cm³/mol. The van der Waals surface area contributed by atoms with Gasteiger partial charge in [-0.25, -0.2) is 0 Å². The van der Waals surface area contributed by atoms with E-state index in [4.69, 9.17) is 4.74 Å². The van der Waals surface area contributed by atoms with Gasteiger partial charge in [0.1, 0.15) is 11.5 Å². The van der Waals surface area contributed by atoms with E-state index < -0.39 is 0 Å². The van der Waals surface area contributed by atoms with Crippen LogP contribution in [0.15, 0.2) is 194 Å². The van der Waals surface area contributed by atoms with Crippen molar-refractivity contribution in [2.75, 3.05) is 14.7 Å². The van der Waals surface area contributed by atoms with Crippen LogP contribution >= 0.6 is 0 Å². The molecule has 4 aliphatic heterocycles. The molecule has 0 atom stereocenters. The zero-order valence-corrected chi connectivity index (χ0v) is 42.4. The number of ether oxygens (including phenoxy) is 1. The molecule has 0 unspecified atom stereocenters. The van der Waals surface area contributed by atoms with Crippen LogP contribution in [0.1, 0.15) is 38.9 Å². The number of benzene rings is 10. The molecule has 6 heteroatoms. The SMILES string of the molecule is Cc1ccc(N2c3ccc(C)cc3B3c4cc5c(cc4Oc4cc(-c6ccccc6C)cc2c43)N(c2ccc(C)cc2)c2cc(-c3ccccc3C)cc3c2B5c2cc(C)ccc2N3c2ccc(C)cc2)cc1. The number of aryl methyl sites for hydroxylation is 7. The van der Waals surface area contributed by atoms with Gasteiger partial charge in [-0.05, 0) is 187 Å². The zero-order valence-electron chi connectivity index (χ0n) is 42.4. The van der Waals surface area contributed by atoms with Gasteiger partial charge in [-0.15, -0.1) is 0 Å². The lowest BCUT2D eigenvalue weighted by Gasteiger charge is -2.45. The van der Waals surface area contributed by atoms with Gasteiger partial charge in [-0.3, -0.25) is 0 Å². The maximum Gasteiger partial charge on any atom is 0.256 e. The summed E-state index contributed by atoms with van der Waals surface area (Å²) < 4.78 is 7.56. The number of fused-ring (bicyclic) bond motifs is 8. The molecule has 10 aromatic carbocycles. The number of nitrogens with zero attached hydrogens (tertiary/aromatic N) is 3. The lowest BCUT2D eigenvalue weighted by atomic mass is 9.30. The normalized spacial score (nSPS) is 13.4. The highest BCUT2D eigenvalue weighted by atomic mass is 16.5. The topological polar surface area (TPSA) is 19.0 Å². The number of anilines is 9. The Hall–Kier alpha value is -8.47. The molecule has 73 heavy (non-hydrogen) atoms. The average molecular weight is 938 g/mol. The molecule has 10 aromatic rings. The van der Waals surface area contributed by atoms with Crippen LogP contribution in [0.3, 0.4) is 0 Å². The number of hydrogen-bond donors (Lipinski definition) is 0. The molecule has 4 heterocycles. The molecule has 0 saturated heterocycles. The lowest BCUT2D eigenvalue weighted by Crippen LogP contribution is -2.64. The summed E-state index contributed by atoms with van der Waals surface area (Å²) in [4.78, 5) is 7.54. The van der Waals surface area contributed by atoms with E-state index in [9.17, 15) is 0 Å². The largest absolute Gasteiger partial charge is 0.458 e.